The van der Waals surface area contributed by atoms with Crippen LogP contribution in [0.25, 0.3) is 0 Å². The molecule has 0 aromatic heterocycles. The minimum atomic E-state index is -2.98. The Morgan fingerprint density at radius 2 is 0.969 bits per heavy atom. The van der Waals surface area contributed by atoms with E-state index in [-0.39, 0.29) is 17.6 Å². The quantitative estimate of drug-likeness (QED) is 0.0693. The maximum Gasteiger partial charge on any atom is 0.479 e. The molecule has 0 spiro atoms. The van der Waals surface area contributed by atoms with E-state index in [1.54, 1.807) is 12.1 Å². The average molecular weight is 960 g/mol. The third-order valence-corrected chi connectivity index (χ3v) is 27.8. The summed E-state index contributed by atoms with van der Waals surface area (Å²) in [7, 11) is -10.3. The third kappa shape index (κ3) is 16.6. The van der Waals surface area contributed by atoms with Crippen LogP contribution in [0.4, 0.5) is 0 Å². The van der Waals surface area contributed by atoms with E-state index in [1.807, 2.05) is 6.55 Å². The van der Waals surface area contributed by atoms with E-state index in [1.165, 1.54) is 27.8 Å². The molecule has 0 aliphatic carbocycles. The van der Waals surface area contributed by atoms with Gasteiger partial charge in [0.15, 0.2) is 0 Å². The second kappa shape index (κ2) is 22.4. The van der Waals surface area contributed by atoms with Crippen LogP contribution in [-0.4, -0.2) is 58.4 Å². The summed E-state index contributed by atoms with van der Waals surface area (Å²) in [5.74, 6) is 3.40. The van der Waals surface area contributed by atoms with Gasteiger partial charge in [0.2, 0.25) is 0 Å². The van der Waals surface area contributed by atoms with E-state index in [4.69, 9.17) is 30.4 Å². The zero-order valence-corrected chi connectivity index (χ0v) is 46.5. The molecule has 4 aromatic carbocycles. The van der Waals surface area contributed by atoms with Gasteiger partial charge in [-0.3, -0.25) is 0 Å². The first-order valence-corrected chi connectivity index (χ1v) is 34.9. The third-order valence-electron chi connectivity index (χ3n) is 12.4. The van der Waals surface area contributed by atoms with E-state index in [0.717, 1.165) is 50.0 Å². The Kier molecular flexibility index (Phi) is 18.2. The van der Waals surface area contributed by atoms with Crippen molar-refractivity contribution in [1.29, 1.82) is 0 Å². The number of ether oxygens (including phenoxy) is 2. The molecule has 1 saturated heterocycles. The highest BCUT2D eigenvalue weighted by Gasteiger charge is 2.54. The Labute approximate surface area is 397 Å². The van der Waals surface area contributed by atoms with Gasteiger partial charge in [-0.05, 0) is 192 Å². The van der Waals surface area contributed by atoms with Crippen molar-refractivity contribution in [3.8, 4) is 17.2 Å². The zero-order chi connectivity index (χ0) is 47.8. The lowest BCUT2D eigenvalue weighted by Crippen LogP contribution is -2.66. The van der Waals surface area contributed by atoms with Crippen molar-refractivity contribution < 1.29 is 35.5 Å². The standard InChI is InChI=1S/C53H82O8Si4/c1-16-42(44-23-33-52(34-24-44)57-41(5)18-17-35-55-65(15)60-63(11,12)58-62(9,10)59-64(13,14)61-65)37-48(45-19-27-49(28-20-45)53(6,7)8)38-47(36-40(4)43-21-29-50(54)30-22-43)46-25-31-51(32-26-46)56-39(2)3/h19-34,39-42,47-48,54H,16-18,35-38H2,1-15H3. The number of phenolic OH excluding ortho intramolecular Hbond substituents is 1. The van der Waals surface area contributed by atoms with Gasteiger partial charge in [0.25, 0.3) is 0 Å². The molecule has 0 bridgehead atoms. The molecule has 0 saturated carbocycles. The number of rotatable bonds is 20. The van der Waals surface area contributed by atoms with Crippen LogP contribution in [0.5, 0.6) is 17.2 Å². The molecule has 8 nitrogen and oxygen atoms in total. The van der Waals surface area contributed by atoms with Crippen LogP contribution in [0.3, 0.4) is 0 Å². The topological polar surface area (TPSA) is 84.8 Å². The Balaban J connectivity index is 1.29. The number of hydrogen-bond donors (Lipinski definition) is 1. The fourth-order valence-electron chi connectivity index (χ4n) is 9.63. The van der Waals surface area contributed by atoms with Gasteiger partial charge in [0.1, 0.15) is 17.2 Å². The van der Waals surface area contributed by atoms with Crippen molar-refractivity contribution in [3.05, 3.63) is 125 Å². The number of phenols is 1. The summed E-state index contributed by atoms with van der Waals surface area (Å²) in [6.07, 6.45) is 5.88. The monoisotopic (exact) mass is 959 g/mol. The van der Waals surface area contributed by atoms with Crippen LogP contribution in [0.15, 0.2) is 97.1 Å². The molecule has 1 aliphatic rings. The lowest BCUT2D eigenvalue weighted by atomic mass is 9.74. The van der Waals surface area contributed by atoms with Crippen molar-refractivity contribution >= 4 is 34.5 Å². The van der Waals surface area contributed by atoms with Crippen LogP contribution in [0, 0.1) is 0 Å². The molecule has 12 heteroatoms. The molecule has 358 valence electrons. The maximum absolute atomic E-state index is 10.1. The SMILES string of the molecule is CCC(CC(CC(CC(C)c1ccc(O)cc1)c1ccc(OC(C)C)cc1)c1ccc(C(C)(C)C)cc1)c1ccc(OC(C)CCCO[Si]2(C)O[Si](C)(C)O[Si](C)(C)O[Si](C)(C)O2)cc1. The number of hydrogen-bond acceptors (Lipinski definition) is 8. The van der Waals surface area contributed by atoms with Crippen LogP contribution >= 0.6 is 0 Å². The van der Waals surface area contributed by atoms with Crippen LogP contribution < -0.4 is 9.47 Å². The lowest BCUT2D eigenvalue weighted by Gasteiger charge is -2.46. The van der Waals surface area contributed by atoms with Gasteiger partial charge >= 0.3 is 34.5 Å². The molecule has 5 rings (SSSR count). The summed E-state index contributed by atoms with van der Waals surface area (Å²) in [5, 5.41) is 10.1. The molecule has 1 fully saturated rings. The average Bonchev–Trinajstić information content (AvgIpc) is 3.19. The largest absolute Gasteiger partial charge is 0.508 e. The lowest BCUT2D eigenvalue weighted by molar-refractivity contribution is 0.119. The summed E-state index contributed by atoms with van der Waals surface area (Å²) in [5.41, 5.74) is 6.75. The first kappa shape index (κ1) is 52.9. The Morgan fingerprint density at radius 1 is 0.538 bits per heavy atom. The van der Waals surface area contributed by atoms with Gasteiger partial charge in [0.05, 0.1) is 12.2 Å². The summed E-state index contributed by atoms with van der Waals surface area (Å²) in [6, 6.07) is 34.9. The van der Waals surface area contributed by atoms with Crippen LogP contribution in [-0.2, 0) is 26.3 Å². The molecule has 5 unspecified atom stereocenters. The van der Waals surface area contributed by atoms with Gasteiger partial charge in [0, 0.05) is 13.2 Å². The summed E-state index contributed by atoms with van der Waals surface area (Å²) in [6.45, 7) is 32.6. The Hall–Kier alpha value is -3.05. The molecule has 5 atom stereocenters. The highest BCUT2D eigenvalue weighted by Crippen LogP contribution is 2.43. The van der Waals surface area contributed by atoms with E-state index in [0.29, 0.717) is 36.0 Å². The van der Waals surface area contributed by atoms with E-state index in [9.17, 15) is 5.11 Å². The molecule has 4 aromatic rings. The van der Waals surface area contributed by atoms with Gasteiger partial charge in [-0.2, -0.15) is 0 Å². The predicted octanol–water partition coefficient (Wildman–Crippen LogP) is 14.8. The highest BCUT2D eigenvalue weighted by atomic mass is 28.5. The Morgan fingerprint density at radius 3 is 1.46 bits per heavy atom. The predicted molar refractivity (Wildman–Crippen MR) is 276 cm³/mol. The second-order valence-electron chi connectivity index (χ2n) is 21.3. The fraction of sp³-hybridized carbons (Fsp3) is 0.547. The fourth-order valence-corrected chi connectivity index (χ4v) is 29.4. The highest BCUT2D eigenvalue weighted by molar-refractivity contribution is 6.91. The second-order valence-corrected chi connectivity index (χ2v) is 34.9. The molecular formula is C53H82O8Si4. The van der Waals surface area contributed by atoms with Gasteiger partial charge in [-0.15, -0.1) is 0 Å². The molecule has 65 heavy (non-hydrogen) atoms. The minimum Gasteiger partial charge on any atom is -0.508 e. The van der Waals surface area contributed by atoms with Gasteiger partial charge in [-0.25, -0.2) is 0 Å². The summed E-state index contributed by atoms with van der Waals surface area (Å²) >= 11 is 0. The number of benzene rings is 4. The molecule has 0 radical (unpaired) electrons. The molecule has 1 heterocycles. The van der Waals surface area contributed by atoms with E-state index < -0.39 is 34.5 Å². The molecule has 0 amide bonds. The van der Waals surface area contributed by atoms with Crippen molar-refractivity contribution in [1.82, 2.24) is 0 Å². The van der Waals surface area contributed by atoms with E-state index in [2.05, 4.69) is 180 Å². The van der Waals surface area contributed by atoms with Gasteiger partial charge < -0.3 is 35.5 Å². The van der Waals surface area contributed by atoms with Gasteiger partial charge in [-0.1, -0.05) is 95.3 Å². The first-order chi connectivity index (χ1) is 30.3. The van der Waals surface area contributed by atoms with Crippen molar-refractivity contribution in [2.24, 2.45) is 0 Å². The van der Waals surface area contributed by atoms with Crippen molar-refractivity contribution in [3.63, 3.8) is 0 Å². The van der Waals surface area contributed by atoms with E-state index >= 15 is 0 Å². The zero-order valence-electron chi connectivity index (χ0n) is 42.5. The summed E-state index contributed by atoms with van der Waals surface area (Å²) in [4.78, 5) is 0. The summed E-state index contributed by atoms with van der Waals surface area (Å²) < 4.78 is 45.1. The van der Waals surface area contributed by atoms with Crippen LogP contribution in [0.2, 0.25) is 45.8 Å². The minimum absolute atomic E-state index is 0.0162. The smallest absolute Gasteiger partial charge is 0.479 e. The molecule has 1 aliphatic heterocycles. The normalized spacial score (nSPS) is 19.3. The first-order valence-electron chi connectivity index (χ1n) is 24.2. The van der Waals surface area contributed by atoms with Crippen LogP contribution in [0.1, 0.15) is 145 Å². The molecular weight excluding hydrogens is 877 g/mol. The van der Waals surface area contributed by atoms with Crippen molar-refractivity contribution in [2.45, 2.75) is 181 Å². The maximum atomic E-state index is 10.1. The van der Waals surface area contributed by atoms with Crippen molar-refractivity contribution in [2.75, 3.05) is 6.61 Å². The number of aromatic hydroxyl groups is 1. The Bertz CT molecular complexity index is 2030. The molecule has 1 N–H and O–H groups in total.